The number of likely N-dealkylation sites (tertiary alicyclic amines) is 1. The lowest BCUT2D eigenvalue weighted by Crippen LogP contribution is -2.38. The summed E-state index contributed by atoms with van der Waals surface area (Å²) in [6.07, 6.45) is 0.816. The minimum atomic E-state index is -0.776. The van der Waals surface area contributed by atoms with Crippen molar-refractivity contribution in [1.82, 2.24) is 4.90 Å². The van der Waals surface area contributed by atoms with Crippen LogP contribution in [0.3, 0.4) is 0 Å². The third kappa shape index (κ3) is 2.11. The molecule has 0 saturated carbocycles. The first-order valence-electron chi connectivity index (χ1n) is 5.11. The Bertz CT molecular complexity index is 469. The molecule has 0 spiro atoms. The molecule has 2 amide bonds. The van der Waals surface area contributed by atoms with Gasteiger partial charge in [-0.1, -0.05) is 0 Å². The molecule has 0 aromatic heterocycles. The van der Waals surface area contributed by atoms with Gasteiger partial charge in [-0.25, -0.2) is 13.6 Å². The number of carbonyl (C=O) groups excluding carboxylic acids is 1. The lowest BCUT2D eigenvalue weighted by Gasteiger charge is -2.22. The van der Waals surface area contributed by atoms with Crippen LogP contribution in [0.2, 0.25) is 0 Å². The predicted octanol–water partition coefficient (Wildman–Crippen LogP) is 2.16. The number of carbonyl (C=O) groups is 1. The smallest absolute Gasteiger partial charge is 0.320 e. The van der Waals surface area contributed by atoms with E-state index in [9.17, 15) is 13.6 Å². The molecule has 1 unspecified atom stereocenters. The van der Waals surface area contributed by atoms with Crippen molar-refractivity contribution in [3.05, 3.63) is 35.4 Å². The third-order valence-electron chi connectivity index (χ3n) is 2.76. The molecule has 4 nitrogen and oxygen atoms in total. The van der Waals surface area contributed by atoms with Crippen LogP contribution in [0.5, 0.6) is 0 Å². The summed E-state index contributed by atoms with van der Waals surface area (Å²) < 4.78 is 26.2. The summed E-state index contributed by atoms with van der Waals surface area (Å²) in [4.78, 5) is 12.2. The number of nitrogens with zero attached hydrogens (tertiary/aromatic N) is 1. The van der Waals surface area contributed by atoms with Crippen molar-refractivity contribution in [3.8, 4) is 0 Å². The van der Waals surface area contributed by atoms with E-state index in [2.05, 4.69) is 0 Å². The van der Waals surface area contributed by atoms with E-state index in [0.29, 0.717) is 18.4 Å². The second-order valence-corrected chi connectivity index (χ2v) is 3.91. The number of urea groups is 1. The second-order valence-electron chi connectivity index (χ2n) is 3.91. The van der Waals surface area contributed by atoms with Crippen LogP contribution >= 0.6 is 0 Å². The molecule has 1 atom stereocenters. The molecule has 0 bridgehead atoms. The van der Waals surface area contributed by atoms with Crippen LogP contribution in [0.4, 0.5) is 13.6 Å². The Morgan fingerprint density at radius 2 is 1.94 bits per heavy atom. The van der Waals surface area contributed by atoms with Gasteiger partial charge in [-0.15, -0.1) is 0 Å². The van der Waals surface area contributed by atoms with E-state index in [1.54, 1.807) is 0 Å². The molecule has 17 heavy (non-hydrogen) atoms. The van der Waals surface area contributed by atoms with E-state index in [1.165, 1.54) is 0 Å². The number of nitrogens with one attached hydrogen (secondary N) is 1. The summed E-state index contributed by atoms with van der Waals surface area (Å²) in [6.45, 7) is 0. The number of amides is 2. The highest BCUT2D eigenvalue weighted by Crippen LogP contribution is 2.33. The summed E-state index contributed by atoms with van der Waals surface area (Å²) in [5, 5.41) is 7.56. The molecule has 1 heterocycles. The van der Waals surface area contributed by atoms with Crippen LogP contribution in [0, 0.1) is 17.0 Å². The molecule has 1 fully saturated rings. The quantitative estimate of drug-likeness (QED) is 0.774. The average Bonchev–Trinajstić information content (AvgIpc) is 2.58. The third-order valence-corrected chi connectivity index (χ3v) is 2.76. The maximum atomic E-state index is 13.1. The fourth-order valence-electron chi connectivity index (χ4n) is 2.08. The topological polar surface area (TPSA) is 70.2 Å². The first-order valence-corrected chi connectivity index (χ1v) is 5.11. The molecule has 1 aromatic rings. The fraction of sp³-hybridized carbons (Fsp3) is 0.273. The highest BCUT2D eigenvalue weighted by molar-refractivity contribution is 5.97. The molecule has 90 valence electrons. The molecular formula is C11H11F2N3O. The van der Waals surface area contributed by atoms with Gasteiger partial charge in [-0.2, -0.15) is 0 Å². The number of amidine groups is 1. The van der Waals surface area contributed by atoms with Crippen LogP contribution < -0.4 is 5.73 Å². The molecule has 6 heteroatoms. The first kappa shape index (κ1) is 11.5. The van der Waals surface area contributed by atoms with Crippen LogP contribution in [-0.2, 0) is 0 Å². The van der Waals surface area contributed by atoms with Gasteiger partial charge in [0.05, 0.1) is 6.04 Å². The standard InChI is InChI=1S/C11H11F2N3O/c12-7-3-6(4-8(13)5-7)9-1-2-10(14)16(9)11(15)17/h3-5,9,14H,1-2H2,(H2,15,17). The monoisotopic (exact) mass is 239 g/mol. The van der Waals surface area contributed by atoms with Crippen molar-refractivity contribution >= 4 is 11.9 Å². The zero-order valence-electron chi connectivity index (χ0n) is 8.91. The highest BCUT2D eigenvalue weighted by Gasteiger charge is 2.33. The summed E-state index contributed by atoms with van der Waals surface area (Å²) >= 11 is 0. The van der Waals surface area contributed by atoms with E-state index in [0.717, 1.165) is 23.1 Å². The van der Waals surface area contributed by atoms with Crippen molar-refractivity contribution in [2.24, 2.45) is 5.73 Å². The van der Waals surface area contributed by atoms with Gasteiger partial charge < -0.3 is 5.73 Å². The number of halogens is 2. The Morgan fingerprint density at radius 1 is 1.35 bits per heavy atom. The van der Waals surface area contributed by atoms with Gasteiger partial charge in [-0.3, -0.25) is 10.3 Å². The molecule has 3 N–H and O–H groups in total. The van der Waals surface area contributed by atoms with Crippen LogP contribution in [-0.4, -0.2) is 16.8 Å². The molecule has 2 rings (SSSR count). The average molecular weight is 239 g/mol. The Morgan fingerprint density at radius 3 is 2.47 bits per heavy atom. The van der Waals surface area contributed by atoms with E-state index >= 15 is 0 Å². The summed E-state index contributed by atoms with van der Waals surface area (Å²) in [5.74, 6) is -1.34. The fourth-order valence-corrected chi connectivity index (χ4v) is 2.08. The maximum absolute atomic E-state index is 13.1. The highest BCUT2D eigenvalue weighted by atomic mass is 19.1. The Hall–Kier alpha value is -1.98. The van der Waals surface area contributed by atoms with Crippen molar-refractivity contribution in [1.29, 1.82) is 5.41 Å². The van der Waals surface area contributed by atoms with Gasteiger partial charge in [-0.05, 0) is 24.1 Å². The molecule has 0 aliphatic carbocycles. The van der Waals surface area contributed by atoms with Gasteiger partial charge >= 0.3 is 6.03 Å². The Labute approximate surface area is 96.5 Å². The SMILES string of the molecule is N=C1CCC(c2cc(F)cc(F)c2)N1C(N)=O. The number of hydrogen-bond acceptors (Lipinski definition) is 2. The van der Waals surface area contributed by atoms with Crippen molar-refractivity contribution in [2.75, 3.05) is 0 Å². The van der Waals surface area contributed by atoms with Gasteiger partial charge in [0.25, 0.3) is 0 Å². The number of rotatable bonds is 1. The van der Waals surface area contributed by atoms with E-state index < -0.39 is 23.7 Å². The van der Waals surface area contributed by atoms with Crippen LogP contribution in [0.25, 0.3) is 0 Å². The zero-order valence-corrected chi connectivity index (χ0v) is 8.91. The molecule has 1 aromatic carbocycles. The first-order chi connectivity index (χ1) is 7.99. The van der Waals surface area contributed by atoms with Crippen molar-refractivity contribution in [2.45, 2.75) is 18.9 Å². The molecular weight excluding hydrogens is 228 g/mol. The lowest BCUT2D eigenvalue weighted by molar-refractivity contribution is 0.221. The summed E-state index contributed by atoms with van der Waals surface area (Å²) in [5.41, 5.74) is 5.47. The Kier molecular flexibility index (Phi) is 2.79. The van der Waals surface area contributed by atoms with Crippen molar-refractivity contribution < 1.29 is 13.6 Å². The summed E-state index contributed by atoms with van der Waals surface area (Å²) in [7, 11) is 0. The summed E-state index contributed by atoms with van der Waals surface area (Å²) in [6, 6.07) is 1.75. The molecule has 1 aliphatic rings. The lowest BCUT2D eigenvalue weighted by atomic mass is 10.0. The largest absolute Gasteiger partial charge is 0.351 e. The normalized spacial score (nSPS) is 19.8. The van der Waals surface area contributed by atoms with Gasteiger partial charge in [0, 0.05) is 12.5 Å². The minimum absolute atomic E-state index is 0.0761. The van der Waals surface area contributed by atoms with E-state index in [1.807, 2.05) is 0 Å². The number of nitrogens with two attached hydrogens (primary N) is 1. The minimum Gasteiger partial charge on any atom is -0.351 e. The van der Waals surface area contributed by atoms with Crippen molar-refractivity contribution in [3.63, 3.8) is 0 Å². The van der Waals surface area contributed by atoms with E-state index in [4.69, 9.17) is 11.1 Å². The second kappa shape index (κ2) is 4.12. The molecule has 1 saturated heterocycles. The number of primary amides is 1. The molecule has 1 aliphatic heterocycles. The van der Waals surface area contributed by atoms with Gasteiger partial charge in [0.15, 0.2) is 0 Å². The van der Waals surface area contributed by atoms with Gasteiger partial charge in [0.1, 0.15) is 17.5 Å². The Balaban J connectivity index is 2.39. The van der Waals surface area contributed by atoms with Crippen LogP contribution in [0.1, 0.15) is 24.4 Å². The maximum Gasteiger partial charge on any atom is 0.320 e. The number of hydrogen-bond donors (Lipinski definition) is 2. The number of benzene rings is 1. The molecule has 0 radical (unpaired) electrons. The van der Waals surface area contributed by atoms with Crippen LogP contribution in [0.15, 0.2) is 18.2 Å². The predicted molar refractivity (Wildman–Crippen MR) is 57.5 cm³/mol. The van der Waals surface area contributed by atoms with E-state index in [-0.39, 0.29) is 5.84 Å². The van der Waals surface area contributed by atoms with Gasteiger partial charge in [0.2, 0.25) is 0 Å². The zero-order chi connectivity index (χ0) is 12.6.